The van der Waals surface area contributed by atoms with E-state index in [9.17, 15) is 23.8 Å². The van der Waals surface area contributed by atoms with Crippen molar-refractivity contribution in [3.05, 3.63) is 24.3 Å². The number of esters is 2. The number of hydrogen-bond acceptors (Lipinski definition) is 8. The van der Waals surface area contributed by atoms with E-state index in [0.29, 0.717) is 17.4 Å². The van der Waals surface area contributed by atoms with Crippen molar-refractivity contribution in [3.8, 4) is 0 Å². The topological polar surface area (TPSA) is 125 Å². The summed E-state index contributed by atoms with van der Waals surface area (Å²) in [5.74, 6) is -0.861. The second kappa shape index (κ2) is 31.2. The van der Waals surface area contributed by atoms with E-state index in [1.807, 2.05) is 33.3 Å². The molecule has 0 rings (SSSR count). The number of unbranched alkanes of at least 4 members (excludes halogenated alkanes) is 17. The van der Waals surface area contributed by atoms with Crippen molar-refractivity contribution in [1.29, 1.82) is 0 Å². The number of phosphoric acid groups is 1. The van der Waals surface area contributed by atoms with Crippen molar-refractivity contribution < 1.29 is 46.8 Å². The third-order valence-corrected chi connectivity index (χ3v) is 8.83. The molecule has 0 aromatic heterocycles. The van der Waals surface area contributed by atoms with E-state index < -0.39 is 26.5 Å². The molecule has 0 aromatic rings. The maximum Gasteiger partial charge on any atom is 0.472 e. The lowest BCUT2D eigenvalue weighted by Crippen LogP contribution is -2.37. The Morgan fingerprint density at radius 3 is 1.75 bits per heavy atom. The van der Waals surface area contributed by atoms with Gasteiger partial charge in [-0.15, -0.1) is 0 Å². The predicted molar refractivity (Wildman–Crippen MR) is 192 cm³/mol. The molecular formula is C37H69NO9P+. The number of aldehydes is 1. The number of ether oxygens (including phenoxy) is 2. The first kappa shape index (κ1) is 46.2. The molecule has 1 N–H and O–H groups in total. The molecule has 11 heteroatoms. The highest BCUT2D eigenvalue weighted by Gasteiger charge is 2.27. The molecular weight excluding hydrogens is 633 g/mol. The first-order chi connectivity index (χ1) is 23.0. The zero-order chi connectivity index (χ0) is 35.8. The van der Waals surface area contributed by atoms with Crippen LogP contribution in [-0.4, -0.2) is 81.2 Å². The van der Waals surface area contributed by atoms with E-state index in [0.717, 1.165) is 57.7 Å². The van der Waals surface area contributed by atoms with Gasteiger partial charge in [0.15, 0.2) is 6.10 Å². The van der Waals surface area contributed by atoms with Gasteiger partial charge in [-0.05, 0) is 31.8 Å². The minimum Gasteiger partial charge on any atom is -0.462 e. The van der Waals surface area contributed by atoms with Crippen LogP contribution in [0, 0.1) is 0 Å². The van der Waals surface area contributed by atoms with Crippen LogP contribution >= 0.6 is 7.82 Å². The third-order valence-electron chi connectivity index (χ3n) is 7.84. The summed E-state index contributed by atoms with van der Waals surface area (Å²) in [5, 5.41) is 0. The van der Waals surface area contributed by atoms with Crippen LogP contribution in [0.1, 0.15) is 142 Å². The van der Waals surface area contributed by atoms with Gasteiger partial charge in [-0.2, -0.15) is 0 Å². The van der Waals surface area contributed by atoms with Crippen molar-refractivity contribution in [3.63, 3.8) is 0 Å². The van der Waals surface area contributed by atoms with Crippen LogP contribution in [0.2, 0.25) is 0 Å². The highest BCUT2D eigenvalue weighted by Crippen LogP contribution is 2.43. The molecule has 0 fully saturated rings. The van der Waals surface area contributed by atoms with Gasteiger partial charge in [-0.1, -0.05) is 121 Å². The second-order valence-corrected chi connectivity index (χ2v) is 15.1. The van der Waals surface area contributed by atoms with Crippen LogP contribution in [0.15, 0.2) is 24.3 Å². The van der Waals surface area contributed by atoms with Crippen molar-refractivity contribution in [2.45, 2.75) is 148 Å². The van der Waals surface area contributed by atoms with Crippen LogP contribution in [-0.2, 0) is 37.5 Å². The summed E-state index contributed by atoms with van der Waals surface area (Å²) in [5.41, 5.74) is 0. The van der Waals surface area contributed by atoms with Gasteiger partial charge in [0.05, 0.1) is 27.7 Å². The quantitative estimate of drug-likeness (QED) is 0.0133. The summed E-state index contributed by atoms with van der Waals surface area (Å²) in [7, 11) is 1.42. The number of phosphoric ester groups is 1. The number of likely N-dealkylation sites (N-methyl/N-ethyl adjacent to an activating group) is 1. The summed E-state index contributed by atoms with van der Waals surface area (Å²) in [6.45, 7) is 2.08. The molecule has 0 saturated carbocycles. The van der Waals surface area contributed by atoms with E-state index in [2.05, 4.69) is 6.92 Å². The summed E-state index contributed by atoms with van der Waals surface area (Å²) in [6.07, 6.45) is 28.5. The monoisotopic (exact) mass is 702 g/mol. The molecule has 10 nitrogen and oxygen atoms in total. The molecule has 0 spiro atoms. The summed E-state index contributed by atoms with van der Waals surface area (Å²) in [6, 6.07) is 0. The number of allylic oxidation sites excluding steroid dienone is 4. The standard InChI is InChI=1S/C37H68NO9P/c1-5-6-7-8-9-10-11-12-13-16-19-22-25-28-36(40)44-33-35(34-46-48(42,43)45-32-30-38(2,3)4)47-37(41)29-26-23-20-17-14-15-18-21-24-27-31-39/h18,21,24,27,31,35H,5-17,19-20,22-23,25-26,28-30,32-34H2,1-4H3/p+1/b21-18-,27-24-. The molecule has 0 radical (unpaired) electrons. The van der Waals surface area contributed by atoms with Crippen molar-refractivity contribution in [2.24, 2.45) is 0 Å². The fourth-order valence-corrected chi connectivity index (χ4v) is 5.64. The highest BCUT2D eigenvalue weighted by molar-refractivity contribution is 7.47. The highest BCUT2D eigenvalue weighted by atomic mass is 31.2. The average molecular weight is 703 g/mol. The van der Waals surface area contributed by atoms with E-state index in [4.69, 9.17) is 18.5 Å². The lowest BCUT2D eigenvalue weighted by Gasteiger charge is -2.24. The molecule has 0 aliphatic heterocycles. The Balaban J connectivity index is 4.44. The Bertz CT molecular complexity index is 917. The number of rotatable bonds is 34. The Labute approximate surface area is 292 Å². The van der Waals surface area contributed by atoms with Gasteiger partial charge in [0.1, 0.15) is 26.0 Å². The van der Waals surface area contributed by atoms with Gasteiger partial charge in [-0.3, -0.25) is 23.4 Å². The summed E-state index contributed by atoms with van der Waals surface area (Å²) < 4.78 is 34.0. The van der Waals surface area contributed by atoms with Crippen molar-refractivity contribution in [2.75, 3.05) is 47.5 Å². The molecule has 0 heterocycles. The zero-order valence-corrected chi connectivity index (χ0v) is 31.6. The number of hydrogen-bond donors (Lipinski definition) is 1. The average Bonchev–Trinajstić information content (AvgIpc) is 3.02. The second-order valence-electron chi connectivity index (χ2n) is 13.7. The Morgan fingerprint density at radius 1 is 0.688 bits per heavy atom. The van der Waals surface area contributed by atoms with Crippen LogP contribution in [0.4, 0.5) is 0 Å². The van der Waals surface area contributed by atoms with Crippen molar-refractivity contribution >= 4 is 26.0 Å². The molecule has 0 aliphatic rings. The minimum absolute atomic E-state index is 0.0172. The fourth-order valence-electron chi connectivity index (χ4n) is 4.90. The lowest BCUT2D eigenvalue weighted by molar-refractivity contribution is -0.870. The van der Waals surface area contributed by atoms with Gasteiger partial charge in [0.25, 0.3) is 0 Å². The number of quaternary nitrogens is 1. The van der Waals surface area contributed by atoms with Crippen LogP contribution in [0.5, 0.6) is 0 Å². The molecule has 48 heavy (non-hydrogen) atoms. The Hall–Kier alpha value is -1.84. The molecule has 0 amide bonds. The van der Waals surface area contributed by atoms with Gasteiger partial charge in [0.2, 0.25) is 0 Å². The summed E-state index contributed by atoms with van der Waals surface area (Å²) in [4.78, 5) is 45.3. The van der Waals surface area contributed by atoms with Crippen molar-refractivity contribution in [1.82, 2.24) is 0 Å². The molecule has 0 aliphatic carbocycles. The number of carbonyl (C=O) groups is 3. The Kier molecular flexibility index (Phi) is 30.0. The number of carbonyl (C=O) groups excluding carboxylic acids is 3. The lowest BCUT2D eigenvalue weighted by atomic mass is 10.0. The van der Waals surface area contributed by atoms with E-state index in [1.54, 1.807) is 6.08 Å². The van der Waals surface area contributed by atoms with E-state index in [1.165, 1.54) is 70.3 Å². The largest absolute Gasteiger partial charge is 0.472 e. The maximum absolute atomic E-state index is 12.6. The molecule has 280 valence electrons. The Morgan fingerprint density at radius 2 is 1.21 bits per heavy atom. The first-order valence-electron chi connectivity index (χ1n) is 18.5. The van der Waals surface area contributed by atoms with Gasteiger partial charge < -0.3 is 18.9 Å². The smallest absolute Gasteiger partial charge is 0.462 e. The SMILES string of the molecule is CCCCCCCCCCCCCCCC(=O)OCC(COP(=O)(O)OCC[N+](C)(C)C)OC(=O)CCCCCCC/C=C\C=C/C=O. The molecule has 2 atom stereocenters. The van der Waals surface area contributed by atoms with E-state index in [-0.39, 0.29) is 32.0 Å². The normalized spacial score (nSPS) is 13.9. The van der Waals surface area contributed by atoms with Gasteiger partial charge in [0, 0.05) is 12.8 Å². The molecule has 0 saturated heterocycles. The molecule has 0 bridgehead atoms. The van der Waals surface area contributed by atoms with Crippen LogP contribution in [0.25, 0.3) is 0 Å². The first-order valence-corrected chi connectivity index (χ1v) is 20.0. The zero-order valence-electron chi connectivity index (χ0n) is 30.7. The number of nitrogens with zero attached hydrogens (tertiary/aromatic N) is 1. The summed E-state index contributed by atoms with van der Waals surface area (Å²) >= 11 is 0. The maximum atomic E-state index is 12.6. The van der Waals surface area contributed by atoms with Gasteiger partial charge in [-0.25, -0.2) is 4.57 Å². The minimum atomic E-state index is -4.38. The van der Waals surface area contributed by atoms with Gasteiger partial charge >= 0.3 is 19.8 Å². The fraction of sp³-hybridized carbons (Fsp3) is 0.811. The third kappa shape index (κ3) is 34.0. The predicted octanol–water partition coefficient (Wildman–Crippen LogP) is 8.80. The van der Waals surface area contributed by atoms with E-state index >= 15 is 0 Å². The molecule has 0 aromatic carbocycles. The van der Waals surface area contributed by atoms with Crippen LogP contribution < -0.4 is 0 Å². The molecule has 2 unspecified atom stereocenters. The van der Waals surface area contributed by atoms with Crippen LogP contribution in [0.3, 0.4) is 0 Å².